The quantitative estimate of drug-likeness (QED) is 0.645. The normalized spacial score (nSPS) is 21.3. The fourth-order valence-corrected chi connectivity index (χ4v) is 2.72. The Labute approximate surface area is 129 Å². The van der Waals surface area contributed by atoms with Crippen molar-refractivity contribution >= 4 is 28.9 Å². The van der Waals surface area contributed by atoms with E-state index in [0.29, 0.717) is 35.1 Å². The summed E-state index contributed by atoms with van der Waals surface area (Å²) >= 11 is 6.22. The number of carbonyl (C=O) groups is 1. The number of halogens is 1. The molecule has 1 aliphatic heterocycles. The zero-order valence-electron chi connectivity index (χ0n) is 12.4. The summed E-state index contributed by atoms with van der Waals surface area (Å²) in [6, 6.07) is 3.19. The van der Waals surface area contributed by atoms with Gasteiger partial charge in [0.2, 0.25) is 0 Å². The van der Waals surface area contributed by atoms with Crippen LogP contribution in [-0.4, -0.2) is 31.3 Å². The molecular weight excluding hydrogens is 292 g/mol. The summed E-state index contributed by atoms with van der Waals surface area (Å²) in [7, 11) is 0. The molecule has 0 aliphatic carbocycles. The fraction of sp³-hybridized carbons (Fsp3) is 0.533. The van der Waals surface area contributed by atoms with Crippen LogP contribution in [0, 0.1) is 0 Å². The van der Waals surface area contributed by atoms with Gasteiger partial charge in [-0.05, 0) is 38.8 Å². The van der Waals surface area contributed by atoms with E-state index in [9.17, 15) is 4.79 Å². The van der Waals surface area contributed by atoms with Crippen molar-refractivity contribution in [3.63, 3.8) is 0 Å². The number of hydrogen-bond acceptors (Lipinski definition) is 5. The van der Waals surface area contributed by atoms with Crippen LogP contribution in [0.2, 0.25) is 5.02 Å². The molecule has 3 N–H and O–H groups in total. The van der Waals surface area contributed by atoms with Gasteiger partial charge in [0.25, 0.3) is 0 Å². The molecular formula is C15H21ClN2O3. The monoisotopic (exact) mass is 312 g/mol. The number of rotatable bonds is 5. The number of ether oxygens (including phenoxy) is 2. The lowest BCUT2D eigenvalue weighted by molar-refractivity contribution is 0.0314. The zero-order chi connectivity index (χ0) is 15.5. The average molecular weight is 313 g/mol. The third kappa shape index (κ3) is 3.80. The Morgan fingerprint density at radius 2 is 2.33 bits per heavy atom. The van der Waals surface area contributed by atoms with E-state index in [2.05, 4.69) is 5.32 Å². The second kappa shape index (κ2) is 6.54. The van der Waals surface area contributed by atoms with E-state index in [0.717, 1.165) is 19.4 Å². The largest absolute Gasteiger partial charge is 0.462 e. The molecule has 0 saturated carbocycles. The van der Waals surface area contributed by atoms with Crippen molar-refractivity contribution < 1.29 is 14.3 Å². The van der Waals surface area contributed by atoms with Gasteiger partial charge >= 0.3 is 5.97 Å². The molecule has 5 nitrogen and oxygen atoms in total. The highest BCUT2D eigenvalue weighted by molar-refractivity contribution is 6.34. The first kappa shape index (κ1) is 15.9. The summed E-state index contributed by atoms with van der Waals surface area (Å²) in [4.78, 5) is 12.0. The van der Waals surface area contributed by atoms with E-state index < -0.39 is 5.97 Å². The molecule has 1 atom stereocenters. The Balaban J connectivity index is 2.22. The maximum atomic E-state index is 12.0. The number of nitrogen functional groups attached to an aromatic ring is 1. The zero-order valence-corrected chi connectivity index (χ0v) is 13.1. The number of nitrogens with two attached hydrogens (primary N) is 1. The summed E-state index contributed by atoms with van der Waals surface area (Å²) in [5.41, 5.74) is 6.84. The molecule has 0 aromatic heterocycles. The van der Waals surface area contributed by atoms with E-state index in [1.807, 2.05) is 6.92 Å². The summed E-state index contributed by atoms with van der Waals surface area (Å²) in [6.07, 6.45) is 2.01. The summed E-state index contributed by atoms with van der Waals surface area (Å²) in [6.45, 7) is 5.43. The van der Waals surface area contributed by atoms with Crippen LogP contribution in [0.15, 0.2) is 12.1 Å². The minimum absolute atomic E-state index is 0.239. The topological polar surface area (TPSA) is 73.6 Å². The van der Waals surface area contributed by atoms with Crippen LogP contribution in [0.3, 0.4) is 0 Å². The predicted molar refractivity (Wildman–Crippen MR) is 83.9 cm³/mol. The summed E-state index contributed by atoms with van der Waals surface area (Å²) in [5.74, 6) is -0.438. The second-order valence-electron chi connectivity index (χ2n) is 5.40. The highest BCUT2D eigenvalue weighted by Crippen LogP contribution is 2.32. The van der Waals surface area contributed by atoms with Gasteiger partial charge in [-0.3, -0.25) is 0 Å². The Morgan fingerprint density at radius 1 is 1.57 bits per heavy atom. The SMILES string of the molecule is CCOC(=O)c1cc(N)cc(Cl)c1NCC1(C)CCCO1. The van der Waals surface area contributed by atoms with Gasteiger partial charge in [-0.2, -0.15) is 0 Å². The van der Waals surface area contributed by atoms with E-state index in [1.54, 1.807) is 19.1 Å². The van der Waals surface area contributed by atoms with Gasteiger partial charge in [-0.1, -0.05) is 11.6 Å². The molecule has 0 spiro atoms. The summed E-state index contributed by atoms with van der Waals surface area (Å²) in [5, 5.41) is 3.62. The first-order valence-corrected chi connectivity index (χ1v) is 7.47. The van der Waals surface area contributed by atoms with E-state index in [4.69, 9.17) is 26.8 Å². The Bertz CT molecular complexity index is 528. The molecule has 1 fully saturated rings. The van der Waals surface area contributed by atoms with Gasteiger partial charge in [0.05, 0.1) is 28.5 Å². The second-order valence-corrected chi connectivity index (χ2v) is 5.81. The lowest BCUT2D eigenvalue weighted by atomic mass is 10.0. The minimum Gasteiger partial charge on any atom is -0.462 e. The lowest BCUT2D eigenvalue weighted by Crippen LogP contribution is -2.33. The molecule has 1 unspecified atom stereocenters. The van der Waals surface area contributed by atoms with Crippen molar-refractivity contribution in [1.29, 1.82) is 0 Å². The van der Waals surface area contributed by atoms with Gasteiger partial charge in [-0.25, -0.2) is 4.79 Å². The van der Waals surface area contributed by atoms with Gasteiger partial charge in [0.1, 0.15) is 0 Å². The fourth-order valence-electron chi connectivity index (χ4n) is 2.43. The van der Waals surface area contributed by atoms with Gasteiger partial charge < -0.3 is 20.5 Å². The molecule has 1 aromatic rings. The Morgan fingerprint density at radius 3 is 2.95 bits per heavy atom. The number of esters is 1. The van der Waals surface area contributed by atoms with Crippen LogP contribution < -0.4 is 11.1 Å². The van der Waals surface area contributed by atoms with E-state index in [-0.39, 0.29) is 5.60 Å². The van der Waals surface area contributed by atoms with Crippen LogP contribution in [0.25, 0.3) is 0 Å². The molecule has 1 aliphatic rings. The van der Waals surface area contributed by atoms with Gasteiger partial charge in [-0.15, -0.1) is 0 Å². The highest BCUT2D eigenvalue weighted by Gasteiger charge is 2.30. The maximum Gasteiger partial charge on any atom is 0.340 e. The molecule has 0 amide bonds. The van der Waals surface area contributed by atoms with Crippen molar-refractivity contribution in [2.75, 3.05) is 30.8 Å². The van der Waals surface area contributed by atoms with E-state index in [1.165, 1.54) is 0 Å². The first-order chi connectivity index (χ1) is 9.95. The Hall–Kier alpha value is -1.46. The van der Waals surface area contributed by atoms with Gasteiger partial charge in [0, 0.05) is 18.8 Å². The highest BCUT2D eigenvalue weighted by atomic mass is 35.5. The number of benzene rings is 1. The third-order valence-electron chi connectivity index (χ3n) is 3.55. The molecule has 0 bridgehead atoms. The average Bonchev–Trinajstić information content (AvgIpc) is 2.84. The number of anilines is 2. The van der Waals surface area contributed by atoms with Crippen LogP contribution in [0.4, 0.5) is 11.4 Å². The van der Waals surface area contributed by atoms with Crippen molar-refractivity contribution in [2.24, 2.45) is 0 Å². The maximum absolute atomic E-state index is 12.0. The van der Waals surface area contributed by atoms with E-state index >= 15 is 0 Å². The first-order valence-electron chi connectivity index (χ1n) is 7.09. The molecule has 21 heavy (non-hydrogen) atoms. The van der Waals surface area contributed by atoms with Crippen LogP contribution in [0.1, 0.15) is 37.0 Å². The van der Waals surface area contributed by atoms with Gasteiger partial charge in [0.15, 0.2) is 0 Å². The molecule has 6 heteroatoms. The number of carbonyl (C=O) groups excluding carboxylic acids is 1. The number of nitrogens with one attached hydrogen (secondary N) is 1. The van der Waals surface area contributed by atoms with Crippen LogP contribution >= 0.6 is 11.6 Å². The Kier molecular flexibility index (Phi) is 4.96. The van der Waals surface area contributed by atoms with Crippen LogP contribution in [0.5, 0.6) is 0 Å². The van der Waals surface area contributed by atoms with Crippen molar-refractivity contribution in [3.8, 4) is 0 Å². The standard InChI is InChI=1S/C15H21ClN2O3/c1-3-20-14(19)11-7-10(17)8-12(16)13(11)18-9-15(2)5-4-6-21-15/h7-8,18H,3-6,9,17H2,1-2H3. The molecule has 2 rings (SSSR count). The summed E-state index contributed by atoms with van der Waals surface area (Å²) < 4.78 is 10.8. The van der Waals surface area contributed by atoms with Crippen molar-refractivity contribution in [2.45, 2.75) is 32.3 Å². The smallest absolute Gasteiger partial charge is 0.340 e. The van der Waals surface area contributed by atoms with Crippen molar-refractivity contribution in [3.05, 3.63) is 22.7 Å². The molecule has 116 valence electrons. The lowest BCUT2D eigenvalue weighted by Gasteiger charge is -2.25. The molecule has 1 heterocycles. The van der Waals surface area contributed by atoms with Crippen molar-refractivity contribution in [1.82, 2.24) is 0 Å². The third-order valence-corrected chi connectivity index (χ3v) is 3.85. The molecule has 1 aromatic carbocycles. The minimum atomic E-state index is -0.438. The molecule has 0 radical (unpaired) electrons. The van der Waals surface area contributed by atoms with Crippen LogP contribution in [-0.2, 0) is 9.47 Å². The number of hydrogen-bond donors (Lipinski definition) is 2. The predicted octanol–water partition coefficient (Wildman–Crippen LogP) is 3.08. The molecule has 1 saturated heterocycles.